The van der Waals surface area contributed by atoms with Crippen molar-refractivity contribution in [3.05, 3.63) is 120 Å². The van der Waals surface area contributed by atoms with Gasteiger partial charge in [-0.2, -0.15) is 0 Å². The predicted molar refractivity (Wildman–Crippen MR) is 131 cm³/mol. The van der Waals surface area contributed by atoms with Gasteiger partial charge in [-0.05, 0) is 68.7 Å². The minimum Gasteiger partial charge on any atom is -0.265 e. The van der Waals surface area contributed by atoms with Gasteiger partial charge in [0, 0.05) is 47.0 Å². The van der Waals surface area contributed by atoms with Crippen LogP contribution < -0.4 is 0 Å². The molecule has 0 unspecified atom stereocenters. The molecule has 0 fully saturated rings. The van der Waals surface area contributed by atoms with E-state index in [0.717, 1.165) is 22.3 Å². The highest BCUT2D eigenvalue weighted by Gasteiger charge is 2.12. The number of rotatable bonds is 0. The number of benzene rings is 4. The minimum absolute atomic E-state index is 0.958. The number of pyridine rings is 2. The maximum atomic E-state index is 4.07. The largest absolute Gasteiger partial charge is 0.265 e. The van der Waals surface area contributed by atoms with E-state index in [-0.39, 0.29) is 0 Å². The first-order chi connectivity index (χ1) is 15.9. The first kappa shape index (κ1) is 18.1. The Balaban J connectivity index is 1.57. The van der Waals surface area contributed by atoms with Gasteiger partial charge in [-0.25, -0.2) is 0 Å². The van der Waals surface area contributed by atoms with Gasteiger partial charge in [-0.15, -0.1) is 0 Å². The Kier molecular flexibility index (Phi) is 4.28. The second-order valence-electron chi connectivity index (χ2n) is 7.62. The van der Waals surface area contributed by atoms with Crippen LogP contribution in [0.2, 0.25) is 0 Å². The Bertz CT molecular complexity index is 1580. The second-order valence-corrected chi connectivity index (χ2v) is 7.62. The van der Waals surface area contributed by atoms with E-state index in [1.54, 1.807) is 24.8 Å². The summed E-state index contributed by atoms with van der Waals surface area (Å²) in [4.78, 5) is 8.13. The zero-order chi connectivity index (χ0) is 21.3. The summed E-state index contributed by atoms with van der Waals surface area (Å²) >= 11 is 0. The summed E-state index contributed by atoms with van der Waals surface area (Å²) in [5.74, 6) is 13.3. The molecule has 0 atom stereocenters. The van der Waals surface area contributed by atoms with Crippen molar-refractivity contribution in [2.75, 3.05) is 0 Å². The van der Waals surface area contributed by atoms with Gasteiger partial charge in [-0.3, -0.25) is 9.97 Å². The maximum Gasteiger partial charge on any atom is 0.0328 e. The van der Waals surface area contributed by atoms with Crippen molar-refractivity contribution in [3.8, 4) is 23.7 Å². The third kappa shape index (κ3) is 3.12. The molecule has 2 nitrogen and oxygen atoms in total. The summed E-state index contributed by atoms with van der Waals surface area (Å²) in [5.41, 5.74) is 3.97. The average molecular weight is 404 g/mol. The fraction of sp³-hybridized carbons (Fsp3) is 0. The Hall–Kier alpha value is -4.66. The molecule has 0 saturated heterocycles. The van der Waals surface area contributed by atoms with Crippen molar-refractivity contribution in [2.24, 2.45) is 0 Å². The second kappa shape index (κ2) is 7.55. The lowest BCUT2D eigenvalue weighted by molar-refractivity contribution is 1.32. The van der Waals surface area contributed by atoms with Gasteiger partial charge in [0.2, 0.25) is 0 Å². The van der Waals surface area contributed by atoms with Crippen LogP contribution in [0.1, 0.15) is 22.3 Å². The van der Waals surface area contributed by atoms with E-state index in [1.165, 1.54) is 32.3 Å². The van der Waals surface area contributed by atoms with E-state index < -0.39 is 0 Å². The van der Waals surface area contributed by atoms with Gasteiger partial charge < -0.3 is 0 Å². The Morgan fingerprint density at radius 1 is 0.406 bits per heavy atom. The first-order valence-corrected chi connectivity index (χ1v) is 10.4. The van der Waals surface area contributed by atoms with E-state index >= 15 is 0 Å². The first-order valence-electron chi connectivity index (χ1n) is 10.4. The molecule has 0 aliphatic carbocycles. The van der Waals surface area contributed by atoms with Crippen LogP contribution in [-0.4, -0.2) is 9.97 Å². The van der Waals surface area contributed by atoms with Crippen LogP contribution in [-0.2, 0) is 0 Å². The molecule has 0 amide bonds. The zero-order valence-corrected chi connectivity index (χ0v) is 17.1. The molecule has 4 aromatic carbocycles. The van der Waals surface area contributed by atoms with Crippen LogP contribution in [0, 0.1) is 23.7 Å². The summed E-state index contributed by atoms with van der Waals surface area (Å²) in [7, 11) is 0. The fourth-order valence-corrected chi connectivity index (χ4v) is 4.17. The monoisotopic (exact) mass is 404 g/mol. The lowest BCUT2D eigenvalue weighted by Gasteiger charge is -2.13. The maximum absolute atomic E-state index is 4.07. The van der Waals surface area contributed by atoms with Gasteiger partial charge in [0.15, 0.2) is 0 Å². The highest BCUT2D eigenvalue weighted by atomic mass is 14.6. The molecule has 0 spiro atoms. The molecule has 32 heavy (non-hydrogen) atoms. The van der Waals surface area contributed by atoms with E-state index in [9.17, 15) is 0 Å². The lowest BCUT2D eigenvalue weighted by Crippen LogP contribution is -1.89. The summed E-state index contributed by atoms with van der Waals surface area (Å²) in [6, 6.07) is 25.0. The van der Waals surface area contributed by atoms with Crippen molar-refractivity contribution in [2.45, 2.75) is 0 Å². The molecule has 2 heteroatoms. The van der Waals surface area contributed by atoms with Crippen LogP contribution in [0.15, 0.2) is 97.6 Å². The Morgan fingerprint density at radius 3 is 1.25 bits per heavy atom. The van der Waals surface area contributed by atoms with Crippen molar-refractivity contribution in [1.82, 2.24) is 9.97 Å². The smallest absolute Gasteiger partial charge is 0.0328 e. The summed E-state index contributed by atoms with van der Waals surface area (Å²) in [5, 5.41) is 7.25. The molecule has 0 radical (unpaired) electrons. The molecular formula is C30H16N2. The average Bonchev–Trinajstić information content (AvgIpc) is 2.86. The van der Waals surface area contributed by atoms with Gasteiger partial charge in [0.1, 0.15) is 0 Å². The molecular weight excluding hydrogens is 388 g/mol. The summed E-state index contributed by atoms with van der Waals surface area (Å²) in [6.07, 6.45) is 7.07. The van der Waals surface area contributed by atoms with Gasteiger partial charge in [0.05, 0.1) is 0 Å². The lowest BCUT2D eigenvalue weighted by atomic mass is 9.90. The standard InChI is InChI=1S/C30H16N2/c1(21-13-17-31-18-14-21)3-23-5-7-25-9-10-26-8-6-24(4-2-22-15-19-32-20-16-22)28-12-11-27(23)29(25)30(26)28/h5-20H. The van der Waals surface area contributed by atoms with Gasteiger partial charge in [0.25, 0.3) is 0 Å². The predicted octanol–water partition coefficient (Wildman–Crippen LogP) is 6.17. The van der Waals surface area contributed by atoms with Crippen LogP contribution in [0.4, 0.5) is 0 Å². The topological polar surface area (TPSA) is 25.8 Å². The molecule has 0 saturated carbocycles. The van der Waals surface area contributed by atoms with Crippen molar-refractivity contribution in [3.63, 3.8) is 0 Å². The Labute approximate surface area is 185 Å². The van der Waals surface area contributed by atoms with E-state index in [4.69, 9.17) is 0 Å². The van der Waals surface area contributed by atoms with Gasteiger partial charge >= 0.3 is 0 Å². The van der Waals surface area contributed by atoms with Crippen LogP contribution in [0.25, 0.3) is 32.3 Å². The molecule has 146 valence electrons. The number of hydrogen-bond donors (Lipinski definition) is 0. The van der Waals surface area contributed by atoms with Crippen molar-refractivity contribution >= 4 is 32.3 Å². The van der Waals surface area contributed by atoms with Crippen LogP contribution in [0.3, 0.4) is 0 Å². The summed E-state index contributed by atoms with van der Waals surface area (Å²) < 4.78 is 0. The molecule has 0 bridgehead atoms. The van der Waals surface area contributed by atoms with Crippen molar-refractivity contribution in [1.29, 1.82) is 0 Å². The molecule has 2 heterocycles. The van der Waals surface area contributed by atoms with Gasteiger partial charge in [-0.1, -0.05) is 60.1 Å². The molecule has 6 aromatic rings. The minimum atomic E-state index is 0.958. The number of hydrogen-bond acceptors (Lipinski definition) is 2. The van der Waals surface area contributed by atoms with E-state index in [1.807, 2.05) is 24.3 Å². The number of nitrogens with zero attached hydrogens (tertiary/aromatic N) is 2. The molecule has 0 N–H and O–H groups in total. The molecule has 6 rings (SSSR count). The highest BCUT2D eigenvalue weighted by Crippen LogP contribution is 2.37. The third-order valence-corrected chi connectivity index (χ3v) is 5.71. The van der Waals surface area contributed by atoms with Crippen molar-refractivity contribution < 1.29 is 0 Å². The highest BCUT2D eigenvalue weighted by molar-refractivity contribution is 6.24. The molecule has 2 aromatic heterocycles. The van der Waals surface area contributed by atoms with E-state index in [2.05, 4.69) is 82.2 Å². The SMILES string of the molecule is C(#Cc1ccc2ccc3ccc(C#Cc4ccncc4)c4ccc1c2c34)c1ccncc1. The van der Waals surface area contributed by atoms with Crippen LogP contribution >= 0.6 is 0 Å². The fourth-order valence-electron chi connectivity index (χ4n) is 4.17. The molecule has 0 aliphatic rings. The number of aromatic nitrogens is 2. The Morgan fingerprint density at radius 2 is 0.812 bits per heavy atom. The van der Waals surface area contributed by atoms with E-state index in [0.29, 0.717) is 0 Å². The summed E-state index contributed by atoms with van der Waals surface area (Å²) in [6.45, 7) is 0. The third-order valence-electron chi connectivity index (χ3n) is 5.71. The van der Waals surface area contributed by atoms with Crippen LogP contribution in [0.5, 0.6) is 0 Å². The zero-order valence-electron chi connectivity index (χ0n) is 17.1. The quantitative estimate of drug-likeness (QED) is 0.223. The molecule has 0 aliphatic heterocycles. The normalized spacial score (nSPS) is 10.6.